The summed E-state index contributed by atoms with van der Waals surface area (Å²) in [7, 11) is -5.02. The van der Waals surface area contributed by atoms with Gasteiger partial charge in [0.25, 0.3) is 0 Å². The number of fused-ring (bicyclic) bond motifs is 4. The highest BCUT2D eigenvalue weighted by Crippen LogP contribution is 2.57. The molecule has 9 atom stereocenters. The molecule has 22 nitrogen and oxygen atoms in total. The van der Waals surface area contributed by atoms with Crippen molar-refractivity contribution in [2.45, 2.75) is 229 Å². The van der Waals surface area contributed by atoms with Gasteiger partial charge in [-0.25, -0.2) is 28.0 Å². The Balaban J connectivity index is 0.860. The maximum absolute atomic E-state index is 16.0. The number of aromatic nitrogens is 6. The maximum atomic E-state index is 16.0. The fraction of sp³-hybridized carbons (Fsp3) is 0.529. The minimum absolute atomic E-state index is 0.0692. The van der Waals surface area contributed by atoms with Gasteiger partial charge in [-0.3, -0.25) is 4.52 Å². The standard InChI is InChI=1S/C70H83Cl2FN11O11P/c1-6-7-8-9-10-11-12-13-14-15-16-17-18-19-20-21-26-50(86-39-46-33-45(38-74)34-49(73)35-46)40-87-96(85,94-55-27-22-24-47(57(55)71)36-69(41-75)63-61(88-67(2,3)92-63)59(90-69)51-29-31-53-65(77)79-43-81-83(51)53)95-56-28-23-25-48(58(56)72)37-70(42-76)64-62(89-68(4,5)93-64)60(91-70)52-30-32-54-66(78)80-44-82-84(52)54/h22-25,27-35,43-44,50,59-64H,6-21,26,36-37,39-40H2,1-5H3,(H2,77,79,81)(H2,78,80,82)/t50-,59+,60+,61+,62+,63+,64+,69+,70+/m0/s1. The number of nitrogens with two attached hydrogens (primary N) is 2. The second-order valence-electron chi connectivity index (χ2n) is 26.2. The third-order valence-electron chi connectivity index (χ3n) is 18.2. The second kappa shape index (κ2) is 30.4. The van der Waals surface area contributed by atoms with Crippen LogP contribution in [-0.2, 0) is 61.7 Å². The summed E-state index contributed by atoms with van der Waals surface area (Å²) >= 11 is 14.7. The van der Waals surface area contributed by atoms with E-state index in [1.165, 1.54) is 101 Å². The predicted octanol–water partition coefficient (Wildman–Crippen LogP) is 15.3. The molecule has 4 aliphatic heterocycles. The fourth-order valence-electron chi connectivity index (χ4n) is 13.6. The zero-order valence-corrected chi connectivity index (χ0v) is 57.2. The van der Waals surface area contributed by atoms with E-state index >= 15 is 4.57 Å². The van der Waals surface area contributed by atoms with Gasteiger partial charge in [0.2, 0.25) is 0 Å². The van der Waals surface area contributed by atoms with Gasteiger partial charge in [-0.1, -0.05) is 157 Å². The zero-order valence-electron chi connectivity index (χ0n) is 54.8. The number of nitrogen functional groups attached to an aromatic ring is 2. The molecule has 0 aliphatic carbocycles. The molecule has 0 spiro atoms. The Labute approximate surface area is 569 Å². The van der Waals surface area contributed by atoms with Crippen molar-refractivity contribution in [1.29, 1.82) is 15.8 Å². The number of nitriles is 3. The molecule has 4 aliphatic rings. The van der Waals surface area contributed by atoms with Crippen molar-refractivity contribution in [3.8, 4) is 29.7 Å². The van der Waals surface area contributed by atoms with Gasteiger partial charge in [0.05, 0.1) is 52.4 Å². The Kier molecular flexibility index (Phi) is 22.3. The number of rotatable bonds is 33. The van der Waals surface area contributed by atoms with E-state index in [1.54, 1.807) is 91.3 Å². The quantitative estimate of drug-likeness (QED) is 0.0285. The number of halogens is 3. The number of anilines is 2. The minimum Gasteiger partial charge on any atom is -0.393 e. The summed E-state index contributed by atoms with van der Waals surface area (Å²) in [5, 5.41) is 40.9. The molecule has 0 radical (unpaired) electrons. The first-order valence-electron chi connectivity index (χ1n) is 33.3. The lowest BCUT2D eigenvalue weighted by Gasteiger charge is -2.30. The van der Waals surface area contributed by atoms with Gasteiger partial charge in [0, 0.05) is 12.8 Å². The first-order chi connectivity index (χ1) is 46.2. The largest absolute Gasteiger partial charge is 0.587 e. The van der Waals surface area contributed by atoms with Gasteiger partial charge in [-0.05, 0) is 105 Å². The summed E-state index contributed by atoms with van der Waals surface area (Å²) in [6.07, 6.45) is 15.6. The lowest BCUT2D eigenvalue weighted by atomic mass is 9.88. The number of phosphoric acid groups is 1. The van der Waals surface area contributed by atoms with Crippen molar-refractivity contribution in [2.24, 2.45) is 0 Å². The minimum atomic E-state index is -5.02. The van der Waals surface area contributed by atoms with Gasteiger partial charge in [-0.2, -0.15) is 26.0 Å². The highest BCUT2D eigenvalue weighted by Gasteiger charge is 2.66. The van der Waals surface area contributed by atoms with E-state index in [9.17, 15) is 20.2 Å². The number of phosphoric ester groups is 1. The second-order valence-corrected chi connectivity index (χ2v) is 28.5. The molecule has 510 valence electrons. The summed E-state index contributed by atoms with van der Waals surface area (Å²) in [6, 6.07) is 27.3. The number of hydrogen-bond acceptors (Lipinski definition) is 20. The van der Waals surface area contributed by atoms with E-state index in [-0.39, 0.29) is 64.8 Å². The van der Waals surface area contributed by atoms with Crippen LogP contribution in [0.1, 0.15) is 190 Å². The van der Waals surface area contributed by atoms with Gasteiger partial charge < -0.3 is 53.7 Å². The molecule has 8 heterocycles. The highest BCUT2D eigenvalue weighted by molar-refractivity contribution is 7.49. The van der Waals surface area contributed by atoms with E-state index < -0.39 is 79.1 Å². The SMILES string of the molecule is CCCCCCCCCCCCCCCCCC[C@@H](COP(=O)(Oc1cccc(C[C@]2(C#N)O[C@H](c3ccc4c(N)ncnn34)[C@H]3OC(C)(C)O[C@H]32)c1Cl)Oc1cccc(C[C@]2(C#N)O[C@H](c3ccc4c(N)ncnn34)[C@H]3OC(C)(C)O[C@H]32)c1Cl)OCc1cc(F)cc(C#N)c1. The number of unbranched alkanes of at least 4 members (excludes halogenated alkanes) is 15. The molecule has 4 N–H and O–H groups in total. The number of hydrogen-bond donors (Lipinski definition) is 2. The normalized spacial score (nSPS) is 23.6. The molecule has 0 saturated carbocycles. The Morgan fingerprint density at radius 3 is 1.53 bits per heavy atom. The van der Waals surface area contributed by atoms with Crippen molar-refractivity contribution in [3.05, 3.63) is 141 Å². The molecule has 4 saturated heterocycles. The molecule has 4 aromatic heterocycles. The van der Waals surface area contributed by atoms with Crippen molar-refractivity contribution < 1.29 is 55.7 Å². The summed E-state index contributed by atoms with van der Waals surface area (Å²) in [6.45, 7) is 8.74. The number of nitrogens with zero attached hydrogens (tertiary/aromatic N) is 9. The summed E-state index contributed by atoms with van der Waals surface area (Å²) < 4.78 is 99.2. The van der Waals surface area contributed by atoms with Gasteiger partial charge in [0.15, 0.2) is 45.9 Å². The third-order valence-corrected chi connectivity index (χ3v) is 20.4. The first-order valence-corrected chi connectivity index (χ1v) is 35.5. The Hall–Kier alpha value is -7.01. The zero-order chi connectivity index (χ0) is 67.8. The van der Waals surface area contributed by atoms with Crippen LogP contribution in [0.2, 0.25) is 10.0 Å². The molecular formula is C70H83Cl2FN11O11P. The number of benzene rings is 3. The lowest BCUT2D eigenvalue weighted by Crippen LogP contribution is -2.44. The molecule has 96 heavy (non-hydrogen) atoms. The van der Waals surface area contributed by atoms with Crippen LogP contribution in [0.15, 0.2) is 91.5 Å². The summed E-state index contributed by atoms with van der Waals surface area (Å²) in [4.78, 5) is 8.25. The summed E-state index contributed by atoms with van der Waals surface area (Å²) in [5.74, 6) is -2.72. The average molecular weight is 1380 g/mol. The van der Waals surface area contributed by atoms with Crippen LogP contribution in [-0.4, -0.2) is 89.1 Å². The molecule has 0 unspecified atom stereocenters. The van der Waals surface area contributed by atoms with Crippen LogP contribution in [0.5, 0.6) is 11.5 Å². The van der Waals surface area contributed by atoms with Crippen LogP contribution in [0.25, 0.3) is 11.0 Å². The van der Waals surface area contributed by atoms with Crippen LogP contribution in [0.3, 0.4) is 0 Å². The Morgan fingerprint density at radius 2 is 1.08 bits per heavy atom. The molecule has 26 heteroatoms. The van der Waals surface area contributed by atoms with Gasteiger partial charge >= 0.3 is 7.82 Å². The average Bonchev–Trinajstić information content (AvgIpc) is 1.57. The third kappa shape index (κ3) is 15.8. The molecule has 7 aromatic rings. The Bertz CT molecular complexity index is 3870. The van der Waals surface area contributed by atoms with Crippen molar-refractivity contribution >= 4 is 53.7 Å². The molecule has 11 rings (SSSR count). The lowest BCUT2D eigenvalue weighted by molar-refractivity contribution is -0.200. The van der Waals surface area contributed by atoms with E-state index in [2.05, 4.69) is 39.2 Å². The molecule has 0 bridgehead atoms. The smallest absolute Gasteiger partial charge is 0.393 e. The van der Waals surface area contributed by atoms with Gasteiger partial charge in [0.1, 0.15) is 78.3 Å². The van der Waals surface area contributed by atoms with E-state index in [0.29, 0.717) is 52.0 Å². The van der Waals surface area contributed by atoms with E-state index in [0.717, 1.165) is 31.7 Å². The molecule has 0 amide bonds. The molecule has 4 fully saturated rings. The number of ether oxygens (including phenoxy) is 7. The Morgan fingerprint density at radius 1 is 0.625 bits per heavy atom. The van der Waals surface area contributed by atoms with Crippen LogP contribution >= 0.6 is 31.0 Å². The van der Waals surface area contributed by atoms with Crippen molar-refractivity contribution in [3.63, 3.8) is 0 Å². The highest BCUT2D eigenvalue weighted by atomic mass is 35.5. The molecular weight excluding hydrogens is 1290 g/mol. The maximum Gasteiger partial charge on any atom is 0.587 e. The fourth-order valence-corrected chi connectivity index (χ4v) is 15.4. The summed E-state index contributed by atoms with van der Waals surface area (Å²) in [5.41, 5.74) is 12.3. The van der Waals surface area contributed by atoms with Gasteiger partial charge in [-0.15, -0.1) is 0 Å². The molecule has 3 aromatic carbocycles. The van der Waals surface area contributed by atoms with Crippen LogP contribution in [0.4, 0.5) is 16.0 Å². The van der Waals surface area contributed by atoms with Crippen LogP contribution in [0, 0.1) is 39.8 Å². The van der Waals surface area contributed by atoms with Crippen molar-refractivity contribution in [2.75, 3.05) is 18.1 Å². The van der Waals surface area contributed by atoms with Crippen molar-refractivity contribution in [1.82, 2.24) is 29.2 Å². The predicted molar refractivity (Wildman–Crippen MR) is 356 cm³/mol. The van der Waals surface area contributed by atoms with E-state index in [1.807, 2.05) is 6.07 Å². The van der Waals surface area contributed by atoms with Crippen LogP contribution < -0.4 is 20.5 Å². The monoisotopic (exact) mass is 1370 g/mol. The topological polar surface area (TPSA) is 293 Å². The van der Waals surface area contributed by atoms with E-state index in [4.69, 9.17) is 81.4 Å². The first kappa shape index (κ1) is 70.3.